The zero-order valence-electron chi connectivity index (χ0n) is 49.6. The number of rotatable bonds is 7. The molecule has 0 N–H and O–H groups in total. The Morgan fingerprint density at radius 2 is 0.477 bits per heavy atom. The summed E-state index contributed by atoms with van der Waals surface area (Å²) in [5.74, 6) is 0. The summed E-state index contributed by atoms with van der Waals surface area (Å²) in [6, 6.07) is 109. The standard InChI is InChI=1S/C86H60N2/c1-85(2)77-49-63(57-25-21-55(22-26-57)61-35-43-83-75(47-61)73-17-9-11-19-81(73)87(83)67-37-29-53-13-5-7-15-59(53)45-67)31-39-69(77)71-41-33-65(51-79(71)85)66-34-42-72-70-40-32-64(50-78(70)86(3,4)80(72)52-66)58-27-23-56(24-28-58)62-36-44-84-76(48-62)74-18-10-12-20-82(74)88(84)68-38-30-54-14-6-8-16-60(54)46-68/h5-52H,1-4H3. The Morgan fingerprint density at radius 1 is 0.205 bits per heavy atom. The average molecular weight is 1120 g/mol. The van der Waals surface area contributed by atoms with Gasteiger partial charge in [0.2, 0.25) is 0 Å². The highest BCUT2D eigenvalue weighted by Crippen LogP contribution is 2.54. The van der Waals surface area contributed by atoms with Crippen LogP contribution in [0.5, 0.6) is 0 Å². The third-order valence-electron chi connectivity index (χ3n) is 20.1. The van der Waals surface area contributed by atoms with Gasteiger partial charge in [0.05, 0.1) is 22.1 Å². The van der Waals surface area contributed by atoms with E-state index in [-0.39, 0.29) is 10.8 Å². The molecule has 2 heteroatoms. The van der Waals surface area contributed by atoms with E-state index in [1.165, 1.54) is 177 Å². The molecule has 16 aromatic rings. The van der Waals surface area contributed by atoms with Crippen molar-refractivity contribution in [2.75, 3.05) is 0 Å². The van der Waals surface area contributed by atoms with E-state index in [0.29, 0.717) is 0 Å². The van der Waals surface area contributed by atoms with E-state index >= 15 is 0 Å². The van der Waals surface area contributed by atoms with Crippen molar-refractivity contribution in [2.24, 2.45) is 0 Å². The van der Waals surface area contributed by atoms with Crippen molar-refractivity contribution in [1.29, 1.82) is 0 Å². The molecule has 18 rings (SSSR count). The van der Waals surface area contributed by atoms with Crippen LogP contribution in [-0.2, 0) is 10.8 Å². The average Bonchev–Trinajstić information content (AvgIpc) is 1.68. The maximum absolute atomic E-state index is 2.47. The van der Waals surface area contributed by atoms with Crippen LogP contribution in [0.2, 0.25) is 0 Å². The molecule has 0 amide bonds. The van der Waals surface area contributed by atoms with Gasteiger partial charge in [0.15, 0.2) is 0 Å². The van der Waals surface area contributed by atoms with Crippen LogP contribution in [0, 0.1) is 0 Å². The smallest absolute Gasteiger partial charge is 0.0541 e. The third kappa shape index (κ3) is 7.61. The molecule has 0 atom stereocenters. The number of fused-ring (bicyclic) bond motifs is 14. The minimum Gasteiger partial charge on any atom is -0.309 e. The number of hydrogen-bond acceptors (Lipinski definition) is 0. The van der Waals surface area contributed by atoms with Crippen LogP contribution in [0.1, 0.15) is 49.9 Å². The quantitative estimate of drug-likeness (QED) is 0.151. The van der Waals surface area contributed by atoms with Crippen molar-refractivity contribution >= 4 is 65.2 Å². The minimum absolute atomic E-state index is 0.174. The molecular weight excluding hydrogens is 1060 g/mol. The summed E-state index contributed by atoms with van der Waals surface area (Å²) in [5.41, 5.74) is 30.0. The molecule has 14 aromatic carbocycles. The van der Waals surface area contributed by atoms with Crippen molar-refractivity contribution in [3.63, 3.8) is 0 Å². The lowest BCUT2D eigenvalue weighted by molar-refractivity contribution is 0.660. The number of para-hydroxylation sites is 2. The van der Waals surface area contributed by atoms with Crippen LogP contribution in [0.3, 0.4) is 0 Å². The van der Waals surface area contributed by atoms with Crippen LogP contribution in [0.15, 0.2) is 291 Å². The van der Waals surface area contributed by atoms with Gasteiger partial charge < -0.3 is 9.13 Å². The third-order valence-corrected chi connectivity index (χ3v) is 20.1. The van der Waals surface area contributed by atoms with Gasteiger partial charge >= 0.3 is 0 Å². The van der Waals surface area contributed by atoms with E-state index in [1.807, 2.05) is 0 Å². The molecule has 2 nitrogen and oxygen atoms in total. The van der Waals surface area contributed by atoms with Gasteiger partial charge in [-0.2, -0.15) is 0 Å². The van der Waals surface area contributed by atoms with E-state index < -0.39 is 0 Å². The Morgan fingerprint density at radius 3 is 0.841 bits per heavy atom. The molecule has 2 aliphatic carbocycles. The first-order valence-corrected chi connectivity index (χ1v) is 30.9. The van der Waals surface area contributed by atoms with Gasteiger partial charge in [-0.25, -0.2) is 0 Å². The molecule has 2 heterocycles. The van der Waals surface area contributed by atoms with Gasteiger partial charge in [0.1, 0.15) is 0 Å². The fourth-order valence-corrected chi connectivity index (χ4v) is 15.4. The van der Waals surface area contributed by atoms with Crippen molar-refractivity contribution < 1.29 is 0 Å². The maximum atomic E-state index is 2.47. The van der Waals surface area contributed by atoms with Gasteiger partial charge in [0, 0.05) is 43.7 Å². The molecule has 0 saturated heterocycles. The van der Waals surface area contributed by atoms with Gasteiger partial charge in [-0.15, -0.1) is 0 Å². The predicted molar refractivity (Wildman–Crippen MR) is 372 cm³/mol. The molecular formula is C86H60N2. The van der Waals surface area contributed by atoms with Gasteiger partial charge in [-0.1, -0.05) is 234 Å². The molecule has 414 valence electrons. The molecule has 88 heavy (non-hydrogen) atoms. The number of aromatic nitrogens is 2. The Kier molecular flexibility index (Phi) is 10.8. The Balaban J connectivity index is 0.598. The van der Waals surface area contributed by atoms with E-state index in [4.69, 9.17) is 0 Å². The van der Waals surface area contributed by atoms with E-state index in [1.54, 1.807) is 0 Å². The van der Waals surface area contributed by atoms with Crippen LogP contribution in [0.25, 0.3) is 154 Å². The summed E-state index contributed by atoms with van der Waals surface area (Å²) >= 11 is 0. The fourth-order valence-electron chi connectivity index (χ4n) is 15.4. The first-order chi connectivity index (χ1) is 43.1. The number of nitrogens with zero attached hydrogens (tertiary/aromatic N) is 2. The topological polar surface area (TPSA) is 9.86 Å². The predicted octanol–water partition coefficient (Wildman–Crippen LogP) is 23.1. The molecule has 0 spiro atoms. The van der Waals surface area contributed by atoms with Crippen LogP contribution in [0.4, 0.5) is 0 Å². The molecule has 2 aliphatic rings. The van der Waals surface area contributed by atoms with Crippen molar-refractivity contribution in [2.45, 2.75) is 38.5 Å². The highest BCUT2D eigenvalue weighted by atomic mass is 15.0. The molecule has 0 aliphatic heterocycles. The molecule has 0 radical (unpaired) electrons. The summed E-state index contributed by atoms with van der Waals surface area (Å²) in [6.07, 6.45) is 0. The van der Waals surface area contributed by atoms with Gasteiger partial charge in [-0.3, -0.25) is 0 Å². The Hall–Kier alpha value is -10.8. The number of hydrogen-bond donors (Lipinski definition) is 0. The molecule has 2 aromatic heterocycles. The summed E-state index contributed by atoms with van der Waals surface area (Å²) in [5, 5.41) is 10.0. The SMILES string of the molecule is CC1(C)c2cc(-c3ccc(-c4ccc5c(c4)c4ccccc4n5-c4ccc5ccccc5c4)cc3)ccc2-c2ccc(-c3ccc4c(c3)C(C)(C)c3cc(-c5ccc(-c6ccc7c(c6)c6ccccc6n7-c6ccc7ccccc7c6)cc5)ccc3-4)cc21. The monoisotopic (exact) mass is 1120 g/mol. The summed E-state index contributed by atoms with van der Waals surface area (Å²) < 4.78 is 4.82. The lowest BCUT2D eigenvalue weighted by Crippen LogP contribution is -2.15. The summed E-state index contributed by atoms with van der Waals surface area (Å²) in [6.45, 7) is 9.62. The second kappa shape index (κ2) is 18.8. The van der Waals surface area contributed by atoms with Crippen molar-refractivity contribution in [3.05, 3.63) is 313 Å². The second-order valence-corrected chi connectivity index (χ2v) is 25.7. The zero-order chi connectivity index (χ0) is 58.6. The minimum atomic E-state index is -0.174. The largest absolute Gasteiger partial charge is 0.309 e. The highest BCUT2D eigenvalue weighted by Gasteiger charge is 2.38. The summed E-state index contributed by atoms with van der Waals surface area (Å²) in [4.78, 5) is 0. The zero-order valence-corrected chi connectivity index (χ0v) is 49.6. The van der Waals surface area contributed by atoms with Crippen LogP contribution >= 0.6 is 0 Å². The molecule has 0 bridgehead atoms. The molecule has 0 saturated carbocycles. The highest BCUT2D eigenvalue weighted by molar-refractivity contribution is 6.12. The molecule has 0 unspecified atom stereocenters. The second-order valence-electron chi connectivity index (χ2n) is 25.7. The van der Waals surface area contributed by atoms with Crippen LogP contribution < -0.4 is 0 Å². The van der Waals surface area contributed by atoms with E-state index in [9.17, 15) is 0 Å². The lowest BCUT2D eigenvalue weighted by Gasteiger charge is -2.24. The van der Waals surface area contributed by atoms with E-state index in [2.05, 4.69) is 328 Å². The number of benzene rings is 14. The first-order valence-electron chi connectivity index (χ1n) is 30.9. The van der Waals surface area contributed by atoms with Crippen LogP contribution in [-0.4, -0.2) is 9.13 Å². The van der Waals surface area contributed by atoms with Gasteiger partial charge in [-0.05, 0) is 207 Å². The Labute approximate surface area is 512 Å². The normalized spacial score (nSPS) is 13.6. The maximum Gasteiger partial charge on any atom is 0.0541 e. The fraction of sp³-hybridized carbons (Fsp3) is 0.0698. The lowest BCUT2D eigenvalue weighted by atomic mass is 9.79. The molecule has 0 fully saturated rings. The van der Waals surface area contributed by atoms with Crippen molar-refractivity contribution in [1.82, 2.24) is 9.13 Å². The van der Waals surface area contributed by atoms with Gasteiger partial charge in [0.25, 0.3) is 0 Å². The first kappa shape index (κ1) is 50.5. The van der Waals surface area contributed by atoms with Crippen molar-refractivity contribution in [3.8, 4) is 89.3 Å². The van der Waals surface area contributed by atoms with E-state index in [0.717, 1.165) is 0 Å². The Bertz CT molecular complexity index is 5260. The summed E-state index contributed by atoms with van der Waals surface area (Å²) in [7, 11) is 0.